The van der Waals surface area contributed by atoms with Crippen LogP contribution in [0.5, 0.6) is 0 Å². The van der Waals surface area contributed by atoms with E-state index in [1.165, 1.54) is 18.3 Å². The SMILES string of the molecule is N#C/C(=C(/O)C1CCC(=O)N1C(=O)c1ccc(Cl)cc1)c1ccccn1. The van der Waals surface area contributed by atoms with E-state index in [4.69, 9.17) is 11.6 Å². The van der Waals surface area contributed by atoms with Gasteiger partial charge in [0.15, 0.2) is 0 Å². The largest absolute Gasteiger partial charge is 0.509 e. The molecule has 1 aromatic heterocycles. The van der Waals surface area contributed by atoms with Crippen molar-refractivity contribution in [3.8, 4) is 6.07 Å². The maximum atomic E-state index is 12.8. The van der Waals surface area contributed by atoms with Gasteiger partial charge in [0.1, 0.15) is 17.4 Å². The third-order valence-corrected chi connectivity index (χ3v) is 4.38. The van der Waals surface area contributed by atoms with Crippen molar-refractivity contribution in [3.63, 3.8) is 0 Å². The number of benzene rings is 1. The molecule has 0 radical (unpaired) electrons. The molecule has 2 amide bonds. The molecule has 2 heterocycles. The third-order valence-electron chi connectivity index (χ3n) is 4.13. The normalized spacial score (nSPS) is 17.6. The topological polar surface area (TPSA) is 94.3 Å². The molecule has 1 fully saturated rings. The lowest BCUT2D eigenvalue weighted by Crippen LogP contribution is -2.40. The third kappa shape index (κ3) is 3.30. The fourth-order valence-electron chi connectivity index (χ4n) is 2.85. The fourth-order valence-corrected chi connectivity index (χ4v) is 2.98. The van der Waals surface area contributed by atoms with Crippen molar-refractivity contribution in [1.29, 1.82) is 5.26 Å². The molecule has 0 aliphatic carbocycles. The lowest BCUT2D eigenvalue weighted by molar-refractivity contribution is -0.126. The highest BCUT2D eigenvalue weighted by molar-refractivity contribution is 6.30. The second-order valence-corrected chi connectivity index (χ2v) is 6.15. The first kappa shape index (κ1) is 17.6. The number of nitriles is 1. The number of hydrogen-bond donors (Lipinski definition) is 1. The maximum Gasteiger partial charge on any atom is 0.261 e. The summed E-state index contributed by atoms with van der Waals surface area (Å²) in [6.45, 7) is 0. The van der Waals surface area contributed by atoms with Gasteiger partial charge in [0.05, 0.1) is 11.7 Å². The van der Waals surface area contributed by atoms with Crippen molar-refractivity contribution >= 4 is 29.0 Å². The van der Waals surface area contributed by atoms with E-state index in [1.807, 2.05) is 6.07 Å². The van der Waals surface area contributed by atoms with Crippen LogP contribution in [0.25, 0.3) is 5.57 Å². The summed E-state index contributed by atoms with van der Waals surface area (Å²) in [6.07, 6.45) is 1.84. The number of aliphatic hydroxyl groups is 1. The van der Waals surface area contributed by atoms with Crippen LogP contribution in [0.1, 0.15) is 28.9 Å². The maximum absolute atomic E-state index is 12.8. The van der Waals surface area contributed by atoms with Gasteiger partial charge in [0, 0.05) is 23.2 Å². The Hall–Kier alpha value is -3.17. The average Bonchev–Trinajstić information content (AvgIpc) is 3.04. The molecule has 6 nitrogen and oxygen atoms in total. The number of pyridine rings is 1. The highest BCUT2D eigenvalue weighted by Crippen LogP contribution is 2.29. The zero-order valence-electron chi connectivity index (χ0n) is 13.6. The van der Waals surface area contributed by atoms with E-state index < -0.39 is 17.9 Å². The Morgan fingerprint density at radius 3 is 2.62 bits per heavy atom. The number of hydrogen-bond acceptors (Lipinski definition) is 5. The van der Waals surface area contributed by atoms with Crippen LogP contribution in [0.4, 0.5) is 0 Å². The summed E-state index contributed by atoms with van der Waals surface area (Å²) in [4.78, 5) is 30.1. The number of amides is 2. The smallest absolute Gasteiger partial charge is 0.261 e. The van der Waals surface area contributed by atoms with Crippen LogP contribution in [-0.2, 0) is 4.79 Å². The van der Waals surface area contributed by atoms with Crippen molar-refractivity contribution in [2.24, 2.45) is 0 Å². The fraction of sp³-hybridized carbons (Fsp3) is 0.158. The van der Waals surface area contributed by atoms with Gasteiger partial charge in [-0.3, -0.25) is 19.5 Å². The van der Waals surface area contributed by atoms with E-state index in [9.17, 15) is 20.0 Å². The van der Waals surface area contributed by atoms with Crippen LogP contribution in [0, 0.1) is 11.3 Å². The Bertz CT molecular complexity index is 917. The number of carbonyl (C=O) groups excluding carboxylic acids is 2. The standard InChI is InChI=1S/C19H14ClN3O3/c20-13-6-4-12(5-7-13)19(26)23-16(8-9-17(23)24)18(25)14(11-21)15-3-1-2-10-22-15/h1-7,10,16,25H,8-9H2/b18-14-. The predicted octanol–water partition coefficient (Wildman–Crippen LogP) is 3.36. The number of aromatic nitrogens is 1. The van der Waals surface area contributed by atoms with Crippen molar-refractivity contribution in [3.05, 3.63) is 70.7 Å². The molecule has 1 aliphatic rings. The summed E-state index contributed by atoms with van der Waals surface area (Å²) in [5.74, 6) is -1.28. The van der Waals surface area contributed by atoms with Gasteiger partial charge < -0.3 is 5.11 Å². The first-order valence-corrected chi connectivity index (χ1v) is 8.27. The van der Waals surface area contributed by atoms with Crippen molar-refractivity contribution in [2.75, 3.05) is 0 Å². The minimum absolute atomic E-state index is 0.0563. The van der Waals surface area contributed by atoms with E-state index in [1.54, 1.807) is 30.3 Å². The molecule has 1 aliphatic heterocycles. The van der Waals surface area contributed by atoms with E-state index in [2.05, 4.69) is 4.98 Å². The molecule has 1 atom stereocenters. The van der Waals surface area contributed by atoms with E-state index in [0.29, 0.717) is 5.02 Å². The number of likely N-dealkylation sites (tertiary alicyclic amines) is 1. The Kier molecular flexibility index (Phi) is 5.01. The van der Waals surface area contributed by atoms with Gasteiger partial charge in [-0.1, -0.05) is 17.7 Å². The molecule has 0 bridgehead atoms. The molecular formula is C19H14ClN3O3. The second kappa shape index (κ2) is 7.38. The van der Waals surface area contributed by atoms with E-state index >= 15 is 0 Å². The summed E-state index contributed by atoms with van der Waals surface area (Å²) in [6, 6.07) is 12.1. The van der Waals surface area contributed by atoms with Gasteiger partial charge in [0.25, 0.3) is 5.91 Å². The van der Waals surface area contributed by atoms with Crippen LogP contribution >= 0.6 is 11.6 Å². The highest BCUT2D eigenvalue weighted by atomic mass is 35.5. The molecule has 1 unspecified atom stereocenters. The molecule has 7 heteroatoms. The van der Waals surface area contributed by atoms with Crippen LogP contribution in [-0.4, -0.2) is 32.8 Å². The number of allylic oxidation sites excluding steroid dienone is 1. The zero-order valence-corrected chi connectivity index (χ0v) is 14.3. The van der Waals surface area contributed by atoms with Gasteiger partial charge in [-0.2, -0.15) is 5.26 Å². The Balaban J connectivity index is 1.99. The molecule has 1 saturated heterocycles. The zero-order chi connectivity index (χ0) is 18.7. The van der Waals surface area contributed by atoms with Gasteiger partial charge in [-0.05, 0) is 42.8 Å². The summed E-state index contributed by atoms with van der Waals surface area (Å²) in [5, 5.41) is 20.5. The van der Waals surface area contributed by atoms with E-state index in [-0.39, 0.29) is 35.4 Å². The Morgan fingerprint density at radius 2 is 2.00 bits per heavy atom. The number of carbonyl (C=O) groups is 2. The monoisotopic (exact) mass is 367 g/mol. The number of imide groups is 1. The Labute approximate surface area is 155 Å². The molecule has 1 N–H and O–H groups in total. The van der Waals surface area contributed by atoms with Crippen molar-refractivity contribution in [2.45, 2.75) is 18.9 Å². The highest BCUT2D eigenvalue weighted by Gasteiger charge is 2.40. The average molecular weight is 368 g/mol. The van der Waals surface area contributed by atoms with Crippen LogP contribution in [0.3, 0.4) is 0 Å². The van der Waals surface area contributed by atoms with Crippen LogP contribution < -0.4 is 0 Å². The van der Waals surface area contributed by atoms with E-state index in [0.717, 1.165) is 4.90 Å². The Morgan fingerprint density at radius 1 is 1.27 bits per heavy atom. The van der Waals surface area contributed by atoms with Gasteiger partial charge in [-0.25, -0.2) is 0 Å². The van der Waals surface area contributed by atoms with Gasteiger partial charge in [-0.15, -0.1) is 0 Å². The number of rotatable bonds is 3. The first-order valence-electron chi connectivity index (χ1n) is 7.89. The summed E-state index contributed by atoms with van der Waals surface area (Å²) >= 11 is 5.83. The lowest BCUT2D eigenvalue weighted by Gasteiger charge is -2.23. The minimum Gasteiger partial charge on any atom is -0.509 e. The summed E-state index contributed by atoms with van der Waals surface area (Å²) in [5.41, 5.74) is 0.503. The summed E-state index contributed by atoms with van der Waals surface area (Å²) < 4.78 is 0. The number of nitrogens with zero attached hydrogens (tertiary/aromatic N) is 3. The van der Waals surface area contributed by atoms with Crippen molar-refractivity contribution in [1.82, 2.24) is 9.88 Å². The quantitative estimate of drug-likeness (QED) is 0.510. The first-order chi connectivity index (χ1) is 12.5. The molecule has 130 valence electrons. The van der Waals surface area contributed by atoms with Crippen LogP contribution in [0.2, 0.25) is 5.02 Å². The van der Waals surface area contributed by atoms with Gasteiger partial charge in [0.2, 0.25) is 5.91 Å². The minimum atomic E-state index is -0.901. The summed E-state index contributed by atoms with van der Waals surface area (Å²) in [7, 11) is 0. The molecule has 3 rings (SSSR count). The number of aliphatic hydroxyl groups excluding tert-OH is 1. The predicted molar refractivity (Wildman–Crippen MR) is 95.0 cm³/mol. The molecule has 0 spiro atoms. The second-order valence-electron chi connectivity index (χ2n) is 5.72. The molecular weight excluding hydrogens is 354 g/mol. The molecule has 2 aromatic rings. The molecule has 26 heavy (non-hydrogen) atoms. The number of halogens is 1. The molecule has 1 aromatic carbocycles. The van der Waals surface area contributed by atoms with Crippen LogP contribution in [0.15, 0.2) is 54.4 Å². The van der Waals surface area contributed by atoms with Gasteiger partial charge >= 0.3 is 0 Å². The van der Waals surface area contributed by atoms with Crippen molar-refractivity contribution < 1.29 is 14.7 Å². The lowest BCUT2D eigenvalue weighted by atomic mass is 10.0. The molecule has 0 saturated carbocycles.